The summed E-state index contributed by atoms with van der Waals surface area (Å²) in [4.78, 5) is 10.8. The Bertz CT molecular complexity index is 371. The zero-order valence-corrected chi connectivity index (χ0v) is 10.2. The highest BCUT2D eigenvalue weighted by Gasteiger charge is 2.10. The van der Waals surface area contributed by atoms with E-state index in [0.717, 1.165) is 16.9 Å². The van der Waals surface area contributed by atoms with Crippen LogP contribution in [-0.4, -0.2) is 17.7 Å². The maximum absolute atomic E-state index is 10.8. The SMILES string of the molecule is Cc1cc(C(=O)O)cc(C)c1OCC(C)C. The summed E-state index contributed by atoms with van der Waals surface area (Å²) in [5, 5.41) is 8.90. The number of carboxylic acids is 1. The zero-order valence-electron chi connectivity index (χ0n) is 10.2. The van der Waals surface area contributed by atoms with Gasteiger partial charge in [0.1, 0.15) is 5.75 Å². The van der Waals surface area contributed by atoms with Crippen LogP contribution in [0.4, 0.5) is 0 Å². The van der Waals surface area contributed by atoms with Crippen molar-refractivity contribution >= 4 is 5.97 Å². The van der Waals surface area contributed by atoms with Gasteiger partial charge in [-0.2, -0.15) is 0 Å². The van der Waals surface area contributed by atoms with Gasteiger partial charge in [0.25, 0.3) is 0 Å². The van der Waals surface area contributed by atoms with Gasteiger partial charge < -0.3 is 9.84 Å². The topological polar surface area (TPSA) is 46.5 Å². The van der Waals surface area contributed by atoms with E-state index in [4.69, 9.17) is 9.84 Å². The number of rotatable bonds is 4. The van der Waals surface area contributed by atoms with E-state index >= 15 is 0 Å². The summed E-state index contributed by atoms with van der Waals surface area (Å²) >= 11 is 0. The molecule has 1 rings (SSSR count). The predicted molar refractivity (Wildman–Crippen MR) is 63.2 cm³/mol. The molecule has 0 saturated carbocycles. The van der Waals surface area contributed by atoms with Crippen molar-refractivity contribution < 1.29 is 14.6 Å². The lowest BCUT2D eigenvalue weighted by molar-refractivity contribution is 0.0696. The Kier molecular flexibility index (Phi) is 3.93. The molecule has 1 N–H and O–H groups in total. The van der Waals surface area contributed by atoms with Crippen LogP contribution in [0.25, 0.3) is 0 Å². The summed E-state index contributed by atoms with van der Waals surface area (Å²) < 4.78 is 5.67. The third-order valence-electron chi connectivity index (χ3n) is 2.27. The number of aryl methyl sites for hydroxylation is 2. The number of hydrogen-bond donors (Lipinski definition) is 1. The van der Waals surface area contributed by atoms with Crippen molar-refractivity contribution in [2.24, 2.45) is 5.92 Å². The lowest BCUT2D eigenvalue weighted by Gasteiger charge is -2.14. The van der Waals surface area contributed by atoms with Crippen molar-refractivity contribution in [3.05, 3.63) is 28.8 Å². The Hall–Kier alpha value is -1.51. The van der Waals surface area contributed by atoms with Gasteiger partial charge in [-0.25, -0.2) is 4.79 Å². The number of carbonyl (C=O) groups is 1. The fraction of sp³-hybridized carbons (Fsp3) is 0.462. The first-order valence-corrected chi connectivity index (χ1v) is 5.39. The normalized spacial score (nSPS) is 10.6. The molecule has 0 aromatic heterocycles. The van der Waals surface area contributed by atoms with E-state index in [1.807, 2.05) is 13.8 Å². The Morgan fingerprint density at radius 1 is 1.31 bits per heavy atom. The number of ether oxygens (including phenoxy) is 1. The van der Waals surface area contributed by atoms with Gasteiger partial charge in [-0.3, -0.25) is 0 Å². The summed E-state index contributed by atoms with van der Waals surface area (Å²) in [5.41, 5.74) is 2.06. The molecule has 0 aliphatic heterocycles. The first-order valence-electron chi connectivity index (χ1n) is 5.39. The molecule has 0 bridgehead atoms. The third-order valence-corrected chi connectivity index (χ3v) is 2.27. The Labute approximate surface area is 96.1 Å². The molecule has 3 heteroatoms. The molecule has 0 radical (unpaired) electrons. The van der Waals surface area contributed by atoms with Gasteiger partial charge in [0.2, 0.25) is 0 Å². The monoisotopic (exact) mass is 222 g/mol. The maximum atomic E-state index is 10.8. The van der Waals surface area contributed by atoms with Crippen LogP contribution in [0.5, 0.6) is 5.75 Å². The molecule has 0 atom stereocenters. The maximum Gasteiger partial charge on any atom is 0.335 e. The van der Waals surface area contributed by atoms with Crippen LogP contribution in [0.15, 0.2) is 12.1 Å². The second kappa shape index (κ2) is 5.01. The minimum atomic E-state index is -0.901. The van der Waals surface area contributed by atoms with Gasteiger partial charge in [-0.15, -0.1) is 0 Å². The van der Waals surface area contributed by atoms with Crippen molar-refractivity contribution in [3.63, 3.8) is 0 Å². The van der Waals surface area contributed by atoms with Crippen LogP contribution >= 0.6 is 0 Å². The van der Waals surface area contributed by atoms with E-state index in [9.17, 15) is 4.79 Å². The lowest BCUT2D eigenvalue weighted by Crippen LogP contribution is -2.07. The molecule has 0 aliphatic carbocycles. The highest BCUT2D eigenvalue weighted by atomic mass is 16.5. The van der Waals surface area contributed by atoms with Gasteiger partial charge in [0.05, 0.1) is 12.2 Å². The third kappa shape index (κ3) is 2.99. The molecular weight excluding hydrogens is 204 g/mol. The average Bonchev–Trinajstić information content (AvgIpc) is 2.15. The Morgan fingerprint density at radius 2 is 1.81 bits per heavy atom. The van der Waals surface area contributed by atoms with Crippen molar-refractivity contribution in [1.82, 2.24) is 0 Å². The van der Waals surface area contributed by atoms with Crippen LogP contribution < -0.4 is 4.74 Å². The zero-order chi connectivity index (χ0) is 12.3. The van der Waals surface area contributed by atoms with E-state index in [1.54, 1.807) is 12.1 Å². The van der Waals surface area contributed by atoms with E-state index in [2.05, 4.69) is 13.8 Å². The largest absolute Gasteiger partial charge is 0.493 e. The van der Waals surface area contributed by atoms with E-state index in [-0.39, 0.29) is 0 Å². The van der Waals surface area contributed by atoms with Crippen LogP contribution in [0.3, 0.4) is 0 Å². The van der Waals surface area contributed by atoms with Crippen molar-refractivity contribution in [2.45, 2.75) is 27.7 Å². The lowest BCUT2D eigenvalue weighted by atomic mass is 10.1. The Morgan fingerprint density at radius 3 is 2.19 bits per heavy atom. The molecule has 1 aromatic carbocycles. The van der Waals surface area contributed by atoms with E-state index < -0.39 is 5.97 Å². The van der Waals surface area contributed by atoms with Crippen LogP contribution in [0.1, 0.15) is 35.3 Å². The number of carboxylic acid groups (broad SMARTS) is 1. The molecule has 88 valence electrons. The summed E-state index contributed by atoms with van der Waals surface area (Å²) in [5.74, 6) is 0.359. The second-order valence-electron chi connectivity index (χ2n) is 4.45. The molecule has 0 unspecified atom stereocenters. The molecular formula is C13H18O3. The van der Waals surface area contributed by atoms with Gasteiger partial charge >= 0.3 is 5.97 Å². The van der Waals surface area contributed by atoms with Crippen molar-refractivity contribution in [3.8, 4) is 5.75 Å². The minimum Gasteiger partial charge on any atom is -0.493 e. The fourth-order valence-corrected chi connectivity index (χ4v) is 1.55. The van der Waals surface area contributed by atoms with E-state index in [1.165, 1.54) is 0 Å². The van der Waals surface area contributed by atoms with Crippen molar-refractivity contribution in [1.29, 1.82) is 0 Å². The summed E-state index contributed by atoms with van der Waals surface area (Å²) in [6, 6.07) is 3.29. The minimum absolute atomic E-state index is 0.312. The summed E-state index contributed by atoms with van der Waals surface area (Å²) in [7, 11) is 0. The smallest absolute Gasteiger partial charge is 0.335 e. The molecule has 0 spiro atoms. The number of aromatic carboxylic acids is 1. The summed E-state index contributed by atoms with van der Waals surface area (Å²) in [6.07, 6.45) is 0. The van der Waals surface area contributed by atoms with Crippen LogP contribution in [0.2, 0.25) is 0 Å². The second-order valence-corrected chi connectivity index (χ2v) is 4.45. The van der Waals surface area contributed by atoms with Gasteiger partial charge in [-0.1, -0.05) is 13.8 Å². The standard InChI is InChI=1S/C13H18O3/c1-8(2)7-16-12-9(3)5-11(13(14)15)6-10(12)4/h5-6,8H,7H2,1-4H3,(H,14,15). The highest BCUT2D eigenvalue weighted by molar-refractivity contribution is 5.88. The first kappa shape index (κ1) is 12.6. The van der Waals surface area contributed by atoms with Gasteiger partial charge in [0.15, 0.2) is 0 Å². The summed E-state index contributed by atoms with van der Waals surface area (Å²) in [6.45, 7) is 8.55. The van der Waals surface area contributed by atoms with Gasteiger partial charge in [-0.05, 0) is 43.0 Å². The van der Waals surface area contributed by atoms with Crippen LogP contribution in [0, 0.1) is 19.8 Å². The number of hydrogen-bond acceptors (Lipinski definition) is 2. The molecule has 0 heterocycles. The quantitative estimate of drug-likeness (QED) is 0.851. The van der Waals surface area contributed by atoms with Crippen LogP contribution in [-0.2, 0) is 0 Å². The van der Waals surface area contributed by atoms with E-state index in [0.29, 0.717) is 18.1 Å². The fourth-order valence-electron chi connectivity index (χ4n) is 1.55. The molecule has 0 aliphatic rings. The molecule has 0 fully saturated rings. The predicted octanol–water partition coefficient (Wildman–Crippen LogP) is 3.04. The van der Waals surface area contributed by atoms with Gasteiger partial charge in [0, 0.05) is 0 Å². The average molecular weight is 222 g/mol. The Balaban J connectivity index is 2.98. The van der Waals surface area contributed by atoms with Crippen molar-refractivity contribution in [2.75, 3.05) is 6.61 Å². The highest BCUT2D eigenvalue weighted by Crippen LogP contribution is 2.25. The molecule has 16 heavy (non-hydrogen) atoms. The molecule has 3 nitrogen and oxygen atoms in total. The molecule has 1 aromatic rings. The molecule has 0 amide bonds. The molecule has 0 saturated heterocycles. The number of benzene rings is 1. The first-order chi connectivity index (χ1) is 7.41.